The molecule has 132 valence electrons. The molecule has 1 N–H and O–H groups in total. The highest BCUT2D eigenvalue weighted by Gasteiger charge is 2.34. The predicted molar refractivity (Wildman–Crippen MR) is 94.3 cm³/mol. The van der Waals surface area contributed by atoms with Gasteiger partial charge in [-0.2, -0.15) is 0 Å². The highest BCUT2D eigenvalue weighted by Crippen LogP contribution is 2.33. The Balaban J connectivity index is 1.65. The van der Waals surface area contributed by atoms with Crippen LogP contribution in [-0.2, 0) is 24.2 Å². The average molecular weight is 349 g/mol. The number of aryl methyl sites for hydroxylation is 1. The molecule has 1 aliphatic heterocycles. The zero-order valence-corrected chi connectivity index (χ0v) is 14.4. The van der Waals surface area contributed by atoms with Crippen molar-refractivity contribution in [1.82, 2.24) is 15.1 Å². The number of rotatable bonds is 3. The normalized spacial score (nSPS) is 16.3. The van der Waals surface area contributed by atoms with Crippen LogP contribution in [0.25, 0.3) is 0 Å². The van der Waals surface area contributed by atoms with E-state index in [0.717, 1.165) is 11.1 Å². The number of phenols is 1. The van der Waals surface area contributed by atoms with E-state index in [1.165, 1.54) is 5.56 Å². The predicted octanol–water partition coefficient (Wildman–Crippen LogP) is 2.95. The van der Waals surface area contributed by atoms with E-state index in [1.54, 1.807) is 30.0 Å². The third kappa shape index (κ3) is 3.18. The maximum absolute atomic E-state index is 13.0. The van der Waals surface area contributed by atoms with Crippen LogP contribution in [-0.4, -0.2) is 26.1 Å². The molecule has 1 amide bonds. The van der Waals surface area contributed by atoms with Crippen LogP contribution < -0.4 is 0 Å². The van der Waals surface area contributed by atoms with Gasteiger partial charge in [-0.3, -0.25) is 4.79 Å². The summed E-state index contributed by atoms with van der Waals surface area (Å²) < 4.78 is 5.63. The Morgan fingerprint density at radius 3 is 2.73 bits per heavy atom. The summed E-state index contributed by atoms with van der Waals surface area (Å²) in [4.78, 5) is 14.8. The van der Waals surface area contributed by atoms with Crippen LogP contribution in [0, 0.1) is 6.92 Å². The summed E-state index contributed by atoms with van der Waals surface area (Å²) in [5.74, 6) is 1.06. The Morgan fingerprint density at radius 1 is 1.19 bits per heavy atom. The zero-order valence-electron chi connectivity index (χ0n) is 14.4. The summed E-state index contributed by atoms with van der Waals surface area (Å²) in [6, 6.07) is 14.6. The average Bonchev–Trinajstić information content (AvgIpc) is 3.07. The van der Waals surface area contributed by atoms with Crippen LogP contribution in [0.2, 0.25) is 0 Å². The maximum Gasteiger partial charge on any atom is 0.239 e. The minimum Gasteiger partial charge on any atom is -0.508 e. The highest BCUT2D eigenvalue weighted by molar-refractivity contribution is 5.79. The monoisotopic (exact) mass is 349 g/mol. The molecule has 0 aliphatic carbocycles. The van der Waals surface area contributed by atoms with Gasteiger partial charge < -0.3 is 14.4 Å². The van der Waals surface area contributed by atoms with Gasteiger partial charge >= 0.3 is 0 Å². The molecule has 1 aromatic heterocycles. The Hall–Kier alpha value is -3.15. The number of fused-ring (bicyclic) bond motifs is 1. The van der Waals surface area contributed by atoms with Crippen LogP contribution in [0.1, 0.15) is 34.5 Å². The number of amides is 1. The molecule has 1 aliphatic rings. The van der Waals surface area contributed by atoms with E-state index in [0.29, 0.717) is 24.7 Å². The molecule has 0 spiro atoms. The molecule has 1 atom stereocenters. The van der Waals surface area contributed by atoms with Crippen molar-refractivity contribution in [1.29, 1.82) is 0 Å². The number of hydrogen-bond acceptors (Lipinski definition) is 5. The summed E-state index contributed by atoms with van der Waals surface area (Å²) in [6.07, 6.45) is 0.851. The Labute approximate surface area is 151 Å². The van der Waals surface area contributed by atoms with Gasteiger partial charge in [-0.1, -0.05) is 36.4 Å². The molecular formula is C20H19N3O3. The number of phenolic OH excluding ortho intramolecular Hbond substituents is 1. The summed E-state index contributed by atoms with van der Waals surface area (Å²) in [5.41, 5.74) is 3.09. The number of carbonyl (C=O) groups excluding carboxylic acids is 1. The molecule has 0 radical (unpaired) electrons. The second kappa shape index (κ2) is 6.63. The largest absolute Gasteiger partial charge is 0.508 e. The second-order valence-electron chi connectivity index (χ2n) is 6.52. The van der Waals surface area contributed by atoms with Gasteiger partial charge in [0.15, 0.2) is 0 Å². The first kappa shape index (κ1) is 16.3. The number of aromatic hydroxyl groups is 1. The fourth-order valence-corrected chi connectivity index (χ4v) is 3.39. The standard InChI is InChI=1S/C20H19N3O3/c1-13-21-22-20(26-13)18-11-15-6-2-3-7-16(15)12-23(18)19(25)10-14-5-4-8-17(24)9-14/h2-9,18,24H,10-12H2,1H3/t18-/m1/s1. The van der Waals surface area contributed by atoms with E-state index >= 15 is 0 Å². The molecule has 0 saturated heterocycles. The van der Waals surface area contributed by atoms with E-state index < -0.39 is 0 Å². The third-order valence-electron chi connectivity index (χ3n) is 4.66. The van der Waals surface area contributed by atoms with Gasteiger partial charge in [-0.25, -0.2) is 0 Å². The molecule has 0 bridgehead atoms. The number of benzene rings is 2. The van der Waals surface area contributed by atoms with Crippen molar-refractivity contribution in [3.8, 4) is 5.75 Å². The minimum absolute atomic E-state index is 0.0362. The molecule has 26 heavy (non-hydrogen) atoms. The second-order valence-corrected chi connectivity index (χ2v) is 6.52. The van der Waals surface area contributed by atoms with E-state index in [2.05, 4.69) is 16.3 Å². The Bertz CT molecular complexity index is 951. The summed E-state index contributed by atoms with van der Waals surface area (Å²) in [6.45, 7) is 2.24. The molecule has 6 nitrogen and oxygen atoms in total. The van der Waals surface area contributed by atoms with E-state index in [-0.39, 0.29) is 24.1 Å². The SMILES string of the molecule is Cc1nnc([C@H]2Cc3ccccc3CN2C(=O)Cc2cccc(O)c2)o1. The molecule has 6 heteroatoms. The van der Waals surface area contributed by atoms with Crippen molar-refractivity contribution < 1.29 is 14.3 Å². The Morgan fingerprint density at radius 2 is 2.00 bits per heavy atom. The van der Waals surface area contributed by atoms with E-state index in [1.807, 2.05) is 24.3 Å². The topological polar surface area (TPSA) is 79.5 Å². The summed E-state index contributed by atoms with van der Waals surface area (Å²) in [5, 5.41) is 17.7. The molecule has 0 saturated carbocycles. The van der Waals surface area contributed by atoms with E-state index in [4.69, 9.17) is 4.42 Å². The first-order chi connectivity index (χ1) is 12.6. The molecule has 0 unspecified atom stereocenters. The zero-order chi connectivity index (χ0) is 18.1. The number of carbonyl (C=O) groups is 1. The first-order valence-electron chi connectivity index (χ1n) is 8.54. The lowest BCUT2D eigenvalue weighted by atomic mass is 9.93. The lowest BCUT2D eigenvalue weighted by molar-refractivity contribution is -0.134. The first-order valence-corrected chi connectivity index (χ1v) is 8.54. The van der Waals surface area contributed by atoms with Crippen molar-refractivity contribution in [3.63, 3.8) is 0 Å². The van der Waals surface area contributed by atoms with Crippen LogP contribution in [0.4, 0.5) is 0 Å². The van der Waals surface area contributed by atoms with Gasteiger partial charge in [-0.15, -0.1) is 10.2 Å². The van der Waals surface area contributed by atoms with Gasteiger partial charge in [0.2, 0.25) is 17.7 Å². The van der Waals surface area contributed by atoms with Crippen LogP contribution in [0.5, 0.6) is 5.75 Å². The van der Waals surface area contributed by atoms with Crippen molar-refractivity contribution in [2.24, 2.45) is 0 Å². The molecular weight excluding hydrogens is 330 g/mol. The molecule has 3 aromatic rings. The molecule has 2 aromatic carbocycles. The highest BCUT2D eigenvalue weighted by atomic mass is 16.4. The van der Waals surface area contributed by atoms with Gasteiger partial charge in [0.25, 0.3) is 0 Å². The van der Waals surface area contributed by atoms with Crippen LogP contribution in [0.15, 0.2) is 52.9 Å². The van der Waals surface area contributed by atoms with Gasteiger partial charge in [-0.05, 0) is 28.8 Å². The van der Waals surface area contributed by atoms with Gasteiger partial charge in [0, 0.05) is 19.9 Å². The lowest BCUT2D eigenvalue weighted by Gasteiger charge is -2.35. The number of hydrogen-bond donors (Lipinski definition) is 1. The van der Waals surface area contributed by atoms with Crippen molar-refractivity contribution in [2.45, 2.75) is 32.4 Å². The summed E-state index contributed by atoms with van der Waals surface area (Å²) >= 11 is 0. The third-order valence-corrected chi connectivity index (χ3v) is 4.66. The fraction of sp³-hybridized carbons (Fsp3) is 0.250. The quantitative estimate of drug-likeness (QED) is 0.786. The number of aromatic nitrogens is 2. The van der Waals surface area contributed by atoms with Crippen molar-refractivity contribution in [3.05, 3.63) is 77.0 Å². The van der Waals surface area contributed by atoms with Crippen molar-refractivity contribution in [2.75, 3.05) is 0 Å². The molecule has 2 heterocycles. The minimum atomic E-state index is -0.282. The van der Waals surface area contributed by atoms with Crippen molar-refractivity contribution >= 4 is 5.91 Å². The van der Waals surface area contributed by atoms with E-state index in [9.17, 15) is 9.90 Å². The fourth-order valence-electron chi connectivity index (χ4n) is 3.39. The number of nitrogens with zero attached hydrogens (tertiary/aromatic N) is 3. The molecule has 4 rings (SSSR count). The van der Waals surface area contributed by atoms with Gasteiger partial charge in [0.1, 0.15) is 11.8 Å². The summed E-state index contributed by atoms with van der Waals surface area (Å²) in [7, 11) is 0. The Kier molecular flexibility index (Phi) is 4.16. The van der Waals surface area contributed by atoms with Crippen LogP contribution in [0.3, 0.4) is 0 Å². The molecule has 0 fully saturated rings. The van der Waals surface area contributed by atoms with Gasteiger partial charge in [0.05, 0.1) is 6.42 Å². The maximum atomic E-state index is 13.0. The van der Waals surface area contributed by atoms with Crippen LogP contribution >= 0.6 is 0 Å². The smallest absolute Gasteiger partial charge is 0.239 e. The lowest BCUT2D eigenvalue weighted by Crippen LogP contribution is -2.40.